The van der Waals surface area contributed by atoms with Gasteiger partial charge in [0.05, 0.1) is 0 Å². The molecule has 0 radical (unpaired) electrons. The largest absolute Gasteiger partial charge is 0.492 e. The molecule has 1 amide bonds. The van der Waals surface area contributed by atoms with Crippen LogP contribution in [0.5, 0.6) is 5.75 Å². The number of hydrogen-bond donors (Lipinski definition) is 1. The summed E-state index contributed by atoms with van der Waals surface area (Å²) < 4.78 is 11.6. The minimum atomic E-state index is -0.812. The van der Waals surface area contributed by atoms with E-state index in [0.717, 1.165) is 18.0 Å². The first kappa shape index (κ1) is 20.7. The van der Waals surface area contributed by atoms with Crippen LogP contribution in [-0.2, 0) is 9.53 Å². The predicted molar refractivity (Wildman–Crippen MR) is 106 cm³/mol. The van der Waals surface area contributed by atoms with E-state index >= 15 is 0 Å². The number of carbonyl (C=O) groups is 1. The molecule has 1 aromatic carbocycles. The summed E-state index contributed by atoms with van der Waals surface area (Å²) in [5.41, 5.74) is -0.0510. The molecule has 1 atom stereocenters. The maximum absolute atomic E-state index is 12.7. The van der Waals surface area contributed by atoms with Crippen LogP contribution in [0.1, 0.15) is 47.0 Å². The van der Waals surface area contributed by atoms with Crippen molar-refractivity contribution in [1.82, 2.24) is 4.90 Å². The fraction of sp³-hybridized carbons (Fsp3) is 0.667. The van der Waals surface area contributed by atoms with Crippen molar-refractivity contribution < 1.29 is 14.3 Å². The lowest BCUT2D eigenvalue weighted by atomic mass is 9.93. The monoisotopic (exact) mass is 362 g/mol. The van der Waals surface area contributed by atoms with Crippen molar-refractivity contribution in [2.45, 2.75) is 52.6 Å². The van der Waals surface area contributed by atoms with Crippen molar-refractivity contribution in [2.75, 3.05) is 38.2 Å². The van der Waals surface area contributed by atoms with Gasteiger partial charge in [-0.15, -0.1) is 0 Å². The molecule has 146 valence electrons. The zero-order valence-corrected chi connectivity index (χ0v) is 16.7. The van der Waals surface area contributed by atoms with Crippen molar-refractivity contribution in [2.24, 2.45) is 5.92 Å². The van der Waals surface area contributed by atoms with E-state index < -0.39 is 5.60 Å². The summed E-state index contributed by atoms with van der Waals surface area (Å²) >= 11 is 0. The number of benzene rings is 1. The van der Waals surface area contributed by atoms with Crippen LogP contribution in [0.4, 0.5) is 5.69 Å². The zero-order chi connectivity index (χ0) is 19.0. The van der Waals surface area contributed by atoms with Crippen LogP contribution in [0.25, 0.3) is 0 Å². The van der Waals surface area contributed by atoms with Gasteiger partial charge in [-0.3, -0.25) is 9.69 Å². The number of hydrogen-bond acceptors (Lipinski definition) is 4. The van der Waals surface area contributed by atoms with Gasteiger partial charge >= 0.3 is 0 Å². The molecular weight excluding hydrogens is 328 g/mol. The van der Waals surface area contributed by atoms with Gasteiger partial charge in [0.2, 0.25) is 0 Å². The molecule has 5 heteroatoms. The second-order valence-corrected chi connectivity index (χ2v) is 7.64. The van der Waals surface area contributed by atoms with Gasteiger partial charge in [-0.05, 0) is 76.4 Å². The molecule has 1 N–H and O–H groups in total. The number of nitrogens with zero attached hydrogens (tertiary/aromatic N) is 1. The summed E-state index contributed by atoms with van der Waals surface area (Å²) in [6, 6.07) is 7.57. The SMILES string of the molecule is CCOC(C)(CC(C)C)C(=O)Nc1ccc(OCCN2CCCC2)cc1. The first-order chi connectivity index (χ1) is 12.4. The highest BCUT2D eigenvalue weighted by molar-refractivity contribution is 5.97. The molecule has 0 aromatic heterocycles. The fourth-order valence-electron chi connectivity index (χ4n) is 3.51. The predicted octanol–water partition coefficient (Wildman–Crippen LogP) is 3.94. The van der Waals surface area contributed by atoms with Crippen LogP contribution < -0.4 is 10.1 Å². The summed E-state index contributed by atoms with van der Waals surface area (Å²) in [6.07, 6.45) is 3.28. The normalized spacial score (nSPS) is 17.3. The number of amides is 1. The molecule has 0 bridgehead atoms. The van der Waals surface area contributed by atoms with Gasteiger partial charge in [0.15, 0.2) is 0 Å². The number of ether oxygens (including phenoxy) is 2. The molecule has 1 unspecified atom stereocenters. The molecule has 5 nitrogen and oxygen atoms in total. The van der Waals surface area contributed by atoms with Gasteiger partial charge in [-0.1, -0.05) is 13.8 Å². The van der Waals surface area contributed by atoms with Crippen LogP contribution in [-0.4, -0.2) is 49.3 Å². The summed E-state index contributed by atoms with van der Waals surface area (Å²) in [5, 5.41) is 2.97. The topological polar surface area (TPSA) is 50.8 Å². The fourth-order valence-corrected chi connectivity index (χ4v) is 3.51. The number of anilines is 1. The van der Waals surface area contributed by atoms with E-state index in [9.17, 15) is 4.79 Å². The first-order valence-corrected chi connectivity index (χ1v) is 9.83. The minimum absolute atomic E-state index is 0.101. The Hall–Kier alpha value is -1.59. The second-order valence-electron chi connectivity index (χ2n) is 7.64. The number of rotatable bonds is 10. The Balaban J connectivity index is 1.85. The molecule has 1 aromatic rings. The van der Waals surface area contributed by atoms with Crippen molar-refractivity contribution in [3.05, 3.63) is 24.3 Å². The van der Waals surface area contributed by atoms with E-state index in [1.807, 2.05) is 38.1 Å². The quantitative estimate of drug-likeness (QED) is 0.685. The third kappa shape index (κ3) is 6.29. The molecule has 0 saturated carbocycles. The molecular formula is C21H34N2O3. The lowest BCUT2D eigenvalue weighted by molar-refractivity contribution is -0.140. The third-order valence-corrected chi connectivity index (χ3v) is 4.73. The Kier molecular flexibility index (Phi) is 7.91. The van der Waals surface area contributed by atoms with Gasteiger partial charge in [0.25, 0.3) is 5.91 Å². The van der Waals surface area contributed by atoms with Gasteiger partial charge in [0.1, 0.15) is 18.0 Å². The van der Waals surface area contributed by atoms with E-state index in [-0.39, 0.29) is 5.91 Å². The molecule has 1 fully saturated rings. The van der Waals surface area contributed by atoms with Crippen LogP contribution in [0.2, 0.25) is 0 Å². The minimum Gasteiger partial charge on any atom is -0.492 e. The zero-order valence-electron chi connectivity index (χ0n) is 16.7. The summed E-state index contributed by atoms with van der Waals surface area (Å²) in [7, 11) is 0. The highest BCUT2D eigenvalue weighted by atomic mass is 16.5. The number of nitrogens with one attached hydrogen (secondary N) is 1. The second kappa shape index (κ2) is 9.93. The summed E-state index contributed by atoms with van der Waals surface area (Å²) in [5.74, 6) is 1.11. The molecule has 1 saturated heterocycles. The van der Waals surface area contributed by atoms with Crippen LogP contribution >= 0.6 is 0 Å². The van der Waals surface area contributed by atoms with Crippen LogP contribution in [0.15, 0.2) is 24.3 Å². The molecule has 1 aliphatic heterocycles. The van der Waals surface area contributed by atoms with E-state index in [2.05, 4.69) is 24.1 Å². The maximum atomic E-state index is 12.7. The van der Waals surface area contributed by atoms with E-state index in [1.165, 1.54) is 25.9 Å². The number of carbonyl (C=O) groups excluding carboxylic acids is 1. The van der Waals surface area contributed by atoms with Crippen LogP contribution in [0, 0.1) is 5.92 Å². The average molecular weight is 363 g/mol. The van der Waals surface area contributed by atoms with Crippen molar-refractivity contribution in [1.29, 1.82) is 0 Å². The first-order valence-electron chi connectivity index (χ1n) is 9.83. The highest BCUT2D eigenvalue weighted by Crippen LogP contribution is 2.24. The number of likely N-dealkylation sites (tertiary alicyclic amines) is 1. The summed E-state index contributed by atoms with van der Waals surface area (Å²) in [6.45, 7) is 12.5. The Bertz CT molecular complexity index is 553. The Labute approximate surface area is 158 Å². The lowest BCUT2D eigenvalue weighted by Gasteiger charge is -2.29. The van der Waals surface area contributed by atoms with E-state index in [1.54, 1.807) is 0 Å². The smallest absolute Gasteiger partial charge is 0.256 e. The summed E-state index contributed by atoms with van der Waals surface area (Å²) in [4.78, 5) is 15.1. The Morgan fingerprint density at radius 3 is 2.46 bits per heavy atom. The standard InChI is InChI=1S/C21H34N2O3/c1-5-26-21(4,16-17(2)3)20(24)22-18-8-10-19(11-9-18)25-15-14-23-12-6-7-13-23/h8-11,17H,5-7,12-16H2,1-4H3,(H,22,24). The highest BCUT2D eigenvalue weighted by Gasteiger charge is 2.34. The van der Waals surface area contributed by atoms with Gasteiger partial charge in [0, 0.05) is 18.8 Å². The van der Waals surface area contributed by atoms with Crippen LogP contribution in [0.3, 0.4) is 0 Å². The van der Waals surface area contributed by atoms with Gasteiger partial charge in [-0.25, -0.2) is 0 Å². The molecule has 1 aliphatic rings. The van der Waals surface area contributed by atoms with Gasteiger partial charge in [-0.2, -0.15) is 0 Å². The lowest BCUT2D eigenvalue weighted by Crippen LogP contribution is -2.43. The Morgan fingerprint density at radius 1 is 1.23 bits per heavy atom. The molecule has 2 rings (SSSR count). The molecule has 1 heterocycles. The van der Waals surface area contributed by atoms with Crippen molar-refractivity contribution in [3.8, 4) is 5.75 Å². The molecule has 0 aliphatic carbocycles. The Morgan fingerprint density at radius 2 is 1.88 bits per heavy atom. The van der Waals surface area contributed by atoms with Crippen molar-refractivity contribution in [3.63, 3.8) is 0 Å². The average Bonchev–Trinajstić information content (AvgIpc) is 3.09. The van der Waals surface area contributed by atoms with E-state index in [4.69, 9.17) is 9.47 Å². The molecule has 26 heavy (non-hydrogen) atoms. The molecule has 0 spiro atoms. The third-order valence-electron chi connectivity index (χ3n) is 4.73. The van der Waals surface area contributed by atoms with Crippen molar-refractivity contribution >= 4 is 11.6 Å². The van der Waals surface area contributed by atoms with Gasteiger partial charge < -0.3 is 14.8 Å². The maximum Gasteiger partial charge on any atom is 0.256 e. The van der Waals surface area contributed by atoms with E-state index in [0.29, 0.717) is 25.6 Å².